The smallest absolute Gasteiger partial charge is 0.289 e. The van der Waals surface area contributed by atoms with Gasteiger partial charge in [0.1, 0.15) is 17.3 Å². The maximum Gasteiger partial charge on any atom is 0.289 e. The van der Waals surface area contributed by atoms with Crippen LogP contribution < -0.4 is 9.64 Å². The molecule has 6 nitrogen and oxygen atoms in total. The third kappa shape index (κ3) is 6.38. The van der Waals surface area contributed by atoms with E-state index >= 15 is 0 Å². The van der Waals surface area contributed by atoms with Crippen LogP contribution in [0.5, 0.6) is 5.75 Å². The van der Waals surface area contributed by atoms with Crippen LogP contribution in [0.3, 0.4) is 0 Å². The van der Waals surface area contributed by atoms with E-state index in [0.717, 1.165) is 48.7 Å². The van der Waals surface area contributed by atoms with Crippen LogP contribution >= 0.6 is 0 Å². The molecule has 1 saturated carbocycles. The summed E-state index contributed by atoms with van der Waals surface area (Å²) >= 11 is 0. The molecule has 0 N–H and O–H groups in total. The van der Waals surface area contributed by atoms with E-state index in [1.165, 1.54) is 25.3 Å². The van der Waals surface area contributed by atoms with E-state index < -0.39 is 0 Å². The second-order valence-electron chi connectivity index (χ2n) is 10.3. The fourth-order valence-corrected chi connectivity index (χ4v) is 5.71. The predicted octanol–water partition coefficient (Wildman–Crippen LogP) is 6.11. The van der Waals surface area contributed by atoms with Gasteiger partial charge in [-0.3, -0.25) is 9.69 Å². The Balaban J connectivity index is 1.22. The van der Waals surface area contributed by atoms with Crippen molar-refractivity contribution in [3.05, 3.63) is 83.6 Å². The first-order valence-electron chi connectivity index (χ1n) is 13.9. The molecule has 0 spiro atoms. The summed E-state index contributed by atoms with van der Waals surface area (Å²) in [7, 11) is 0. The van der Waals surface area contributed by atoms with Crippen molar-refractivity contribution in [2.75, 3.05) is 37.7 Å². The van der Waals surface area contributed by atoms with Crippen LogP contribution in [0.1, 0.15) is 60.9 Å². The van der Waals surface area contributed by atoms with Crippen molar-refractivity contribution in [1.82, 2.24) is 9.80 Å². The maximum atomic E-state index is 13.8. The van der Waals surface area contributed by atoms with Crippen LogP contribution in [0, 0.1) is 5.82 Å². The van der Waals surface area contributed by atoms with E-state index in [1.807, 2.05) is 42.2 Å². The number of para-hydroxylation sites is 2. The highest BCUT2D eigenvalue weighted by Gasteiger charge is 2.27. The Kier molecular flexibility index (Phi) is 8.64. The molecule has 2 aliphatic rings. The molecule has 0 radical (unpaired) electrons. The summed E-state index contributed by atoms with van der Waals surface area (Å²) in [5, 5.41) is 0. The Morgan fingerprint density at radius 2 is 1.76 bits per heavy atom. The van der Waals surface area contributed by atoms with Crippen molar-refractivity contribution >= 4 is 11.6 Å². The fraction of sp³-hybridized carbons (Fsp3) is 0.452. The maximum absolute atomic E-state index is 13.8. The molecule has 3 aromatic rings. The zero-order valence-corrected chi connectivity index (χ0v) is 22.3. The van der Waals surface area contributed by atoms with Crippen LogP contribution in [0.2, 0.25) is 0 Å². The van der Waals surface area contributed by atoms with E-state index in [0.29, 0.717) is 44.6 Å². The molecule has 0 unspecified atom stereocenters. The summed E-state index contributed by atoms with van der Waals surface area (Å²) in [6.07, 6.45) is 5.98. The molecule has 202 valence electrons. The van der Waals surface area contributed by atoms with Gasteiger partial charge in [0, 0.05) is 38.8 Å². The normalized spacial score (nSPS) is 16.7. The minimum absolute atomic E-state index is 0.0664. The quantitative estimate of drug-likeness (QED) is 0.341. The average molecular weight is 520 g/mol. The lowest BCUT2D eigenvalue weighted by Gasteiger charge is -2.36. The number of rotatable bonds is 9. The highest BCUT2D eigenvalue weighted by atomic mass is 19.1. The van der Waals surface area contributed by atoms with Gasteiger partial charge in [-0.1, -0.05) is 43.5 Å². The predicted molar refractivity (Wildman–Crippen MR) is 147 cm³/mol. The molecule has 7 heteroatoms. The summed E-state index contributed by atoms with van der Waals surface area (Å²) in [5.74, 6) is 1.77. The SMILES string of the molecule is CCOc1ccccc1N1CCN(C(=O)c2ccc(CN(Cc3cccc(F)c3)C3CCCCC3)o2)CC1. The Hall–Kier alpha value is -3.32. The van der Waals surface area contributed by atoms with Gasteiger partial charge in [-0.15, -0.1) is 0 Å². The zero-order chi connectivity index (χ0) is 26.3. The van der Waals surface area contributed by atoms with Crippen LogP contribution in [-0.2, 0) is 13.1 Å². The first-order chi connectivity index (χ1) is 18.6. The van der Waals surface area contributed by atoms with Crippen LogP contribution in [0.25, 0.3) is 0 Å². The molecule has 1 aromatic heterocycles. The number of carbonyl (C=O) groups excluding carboxylic acids is 1. The van der Waals surface area contributed by atoms with Crippen molar-refractivity contribution in [3.8, 4) is 5.75 Å². The second kappa shape index (κ2) is 12.5. The topological polar surface area (TPSA) is 49.2 Å². The van der Waals surface area contributed by atoms with Crippen LogP contribution in [0.4, 0.5) is 10.1 Å². The summed E-state index contributed by atoms with van der Waals surface area (Å²) in [5.41, 5.74) is 2.03. The van der Waals surface area contributed by atoms with Crippen molar-refractivity contribution in [3.63, 3.8) is 0 Å². The van der Waals surface area contributed by atoms with Crippen molar-refractivity contribution in [2.45, 2.75) is 58.2 Å². The zero-order valence-electron chi connectivity index (χ0n) is 22.3. The Labute approximate surface area is 225 Å². The average Bonchev–Trinajstić information content (AvgIpc) is 3.42. The van der Waals surface area contributed by atoms with Gasteiger partial charge in [-0.2, -0.15) is 0 Å². The van der Waals surface area contributed by atoms with Gasteiger partial charge in [-0.25, -0.2) is 4.39 Å². The molecule has 1 amide bonds. The lowest BCUT2D eigenvalue weighted by molar-refractivity contribution is 0.0707. The largest absolute Gasteiger partial charge is 0.492 e. The number of carbonyl (C=O) groups is 1. The standard InChI is InChI=1S/C31H38FN3O3/c1-2-37-29-14-7-6-13-28(29)33-17-19-34(20-18-33)31(36)30-16-15-27(38-30)23-35(26-11-4-3-5-12-26)22-24-9-8-10-25(32)21-24/h6-10,13-16,21,26H,2-5,11-12,17-20,22-23H2,1H3. The highest BCUT2D eigenvalue weighted by Crippen LogP contribution is 2.30. The first kappa shape index (κ1) is 26.3. The van der Waals surface area contributed by atoms with E-state index in [4.69, 9.17) is 9.15 Å². The number of hydrogen-bond donors (Lipinski definition) is 0. The summed E-state index contributed by atoms with van der Waals surface area (Å²) in [6.45, 7) is 6.62. The molecule has 2 aromatic carbocycles. The third-order valence-corrected chi connectivity index (χ3v) is 7.67. The molecule has 2 heterocycles. The minimum atomic E-state index is -0.210. The van der Waals surface area contributed by atoms with E-state index in [-0.39, 0.29) is 11.7 Å². The van der Waals surface area contributed by atoms with E-state index in [2.05, 4.69) is 15.9 Å². The second-order valence-corrected chi connectivity index (χ2v) is 10.3. The number of nitrogens with zero attached hydrogens (tertiary/aromatic N) is 3. The van der Waals surface area contributed by atoms with E-state index in [1.54, 1.807) is 18.2 Å². The van der Waals surface area contributed by atoms with Gasteiger partial charge < -0.3 is 19.0 Å². The summed E-state index contributed by atoms with van der Waals surface area (Å²) in [6, 6.07) is 19.1. The van der Waals surface area contributed by atoms with Gasteiger partial charge in [0.05, 0.1) is 18.8 Å². The van der Waals surface area contributed by atoms with E-state index in [9.17, 15) is 9.18 Å². The van der Waals surface area contributed by atoms with Gasteiger partial charge in [0.2, 0.25) is 0 Å². The molecule has 1 aliphatic carbocycles. The monoisotopic (exact) mass is 519 g/mol. The van der Waals surface area contributed by atoms with Crippen molar-refractivity contribution in [2.24, 2.45) is 0 Å². The molecule has 0 atom stereocenters. The van der Waals surface area contributed by atoms with Crippen molar-refractivity contribution < 1.29 is 18.3 Å². The van der Waals surface area contributed by atoms with Gasteiger partial charge in [0.15, 0.2) is 5.76 Å². The first-order valence-corrected chi connectivity index (χ1v) is 13.9. The fourth-order valence-electron chi connectivity index (χ4n) is 5.71. The lowest BCUT2D eigenvalue weighted by atomic mass is 9.93. The van der Waals surface area contributed by atoms with Gasteiger partial charge >= 0.3 is 0 Å². The third-order valence-electron chi connectivity index (χ3n) is 7.67. The molecule has 2 fully saturated rings. The molecule has 1 aliphatic heterocycles. The number of amides is 1. The van der Waals surface area contributed by atoms with Gasteiger partial charge in [0.25, 0.3) is 5.91 Å². The Bertz CT molecular complexity index is 1200. The Morgan fingerprint density at radius 1 is 0.974 bits per heavy atom. The molecule has 1 saturated heterocycles. The lowest BCUT2D eigenvalue weighted by Crippen LogP contribution is -2.48. The number of anilines is 1. The number of piperazine rings is 1. The molecular weight excluding hydrogens is 481 g/mol. The van der Waals surface area contributed by atoms with Crippen molar-refractivity contribution in [1.29, 1.82) is 0 Å². The number of benzene rings is 2. The number of halogens is 1. The molecule has 38 heavy (non-hydrogen) atoms. The number of hydrogen-bond acceptors (Lipinski definition) is 5. The summed E-state index contributed by atoms with van der Waals surface area (Å²) in [4.78, 5) is 19.8. The Morgan fingerprint density at radius 3 is 2.53 bits per heavy atom. The van der Waals surface area contributed by atoms with Gasteiger partial charge in [-0.05, 0) is 61.7 Å². The number of ether oxygens (including phenoxy) is 1. The van der Waals surface area contributed by atoms with Crippen LogP contribution in [-0.4, -0.2) is 54.5 Å². The highest BCUT2D eigenvalue weighted by molar-refractivity contribution is 5.91. The molecule has 5 rings (SSSR count). The molecule has 0 bridgehead atoms. The minimum Gasteiger partial charge on any atom is -0.492 e. The molecular formula is C31H38FN3O3. The van der Waals surface area contributed by atoms with Crippen LogP contribution in [0.15, 0.2) is 65.1 Å². The summed E-state index contributed by atoms with van der Waals surface area (Å²) < 4.78 is 25.7. The number of furan rings is 1.